The molecule has 1 aromatic heterocycles. The van der Waals surface area contributed by atoms with Gasteiger partial charge in [-0.1, -0.05) is 47.5 Å². The second-order valence-electron chi connectivity index (χ2n) is 4.88. The van der Waals surface area contributed by atoms with Crippen molar-refractivity contribution in [2.75, 3.05) is 0 Å². The van der Waals surface area contributed by atoms with Crippen LogP contribution >= 0.6 is 34.8 Å². The Labute approximate surface area is 142 Å². The van der Waals surface area contributed by atoms with Gasteiger partial charge < -0.3 is 0 Å². The van der Waals surface area contributed by atoms with E-state index >= 15 is 0 Å². The zero-order valence-corrected chi connectivity index (χ0v) is 13.8. The standard InChI is InChI=1S/C17H10Cl3NO/c1-9-13(18)7-6-10-12(17(20)22)8-15(21-16(9)10)11-4-2-3-5-14(11)19/h2-8H,1H3. The average Bonchev–Trinajstić information content (AvgIpc) is 2.50. The molecular formula is C17H10Cl3NO. The molecule has 0 aliphatic rings. The van der Waals surface area contributed by atoms with Gasteiger partial charge in [-0.15, -0.1) is 0 Å². The first-order chi connectivity index (χ1) is 10.5. The van der Waals surface area contributed by atoms with Crippen molar-refractivity contribution in [2.45, 2.75) is 6.92 Å². The molecule has 0 N–H and O–H groups in total. The number of fused-ring (bicyclic) bond motifs is 1. The molecule has 0 fully saturated rings. The van der Waals surface area contributed by atoms with Gasteiger partial charge in [0.2, 0.25) is 0 Å². The average molecular weight is 351 g/mol. The smallest absolute Gasteiger partial charge is 0.253 e. The largest absolute Gasteiger partial charge is 0.276 e. The molecule has 0 radical (unpaired) electrons. The lowest BCUT2D eigenvalue weighted by atomic mass is 10.0. The van der Waals surface area contributed by atoms with E-state index in [-0.39, 0.29) is 0 Å². The first-order valence-electron chi connectivity index (χ1n) is 6.53. The summed E-state index contributed by atoms with van der Waals surface area (Å²) in [6.07, 6.45) is 0. The monoisotopic (exact) mass is 349 g/mol. The van der Waals surface area contributed by atoms with Crippen molar-refractivity contribution in [2.24, 2.45) is 0 Å². The number of nitrogens with zero attached hydrogens (tertiary/aromatic N) is 1. The van der Waals surface area contributed by atoms with Crippen LogP contribution in [0.2, 0.25) is 10.0 Å². The summed E-state index contributed by atoms with van der Waals surface area (Å²) in [6, 6.07) is 12.5. The second-order valence-corrected chi connectivity index (χ2v) is 6.03. The molecule has 2 nitrogen and oxygen atoms in total. The van der Waals surface area contributed by atoms with Crippen LogP contribution in [-0.2, 0) is 0 Å². The third kappa shape index (κ3) is 2.58. The zero-order chi connectivity index (χ0) is 15.9. The summed E-state index contributed by atoms with van der Waals surface area (Å²) < 4.78 is 0. The maximum absolute atomic E-state index is 11.8. The Morgan fingerprint density at radius 3 is 2.45 bits per heavy atom. The maximum atomic E-state index is 11.8. The van der Waals surface area contributed by atoms with Crippen molar-refractivity contribution in [1.82, 2.24) is 4.98 Å². The highest BCUT2D eigenvalue weighted by atomic mass is 35.5. The summed E-state index contributed by atoms with van der Waals surface area (Å²) in [5.41, 5.74) is 3.17. The van der Waals surface area contributed by atoms with E-state index < -0.39 is 5.24 Å². The van der Waals surface area contributed by atoms with Gasteiger partial charge in [0.1, 0.15) is 0 Å². The maximum Gasteiger partial charge on any atom is 0.253 e. The quantitative estimate of drug-likeness (QED) is 0.539. The van der Waals surface area contributed by atoms with E-state index in [2.05, 4.69) is 4.98 Å². The Balaban J connectivity index is 2.41. The van der Waals surface area contributed by atoms with Crippen molar-refractivity contribution >= 4 is 50.9 Å². The molecule has 0 unspecified atom stereocenters. The Bertz CT molecular complexity index is 906. The number of rotatable bonds is 2. The van der Waals surface area contributed by atoms with Crippen LogP contribution in [0, 0.1) is 6.92 Å². The minimum atomic E-state index is -0.539. The van der Waals surface area contributed by atoms with E-state index in [0.717, 1.165) is 11.1 Å². The van der Waals surface area contributed by atoms with Gasteiger partial charge in [0.05, 0.1) is 11.2 Å². The lowest BCUT2D eigenvalue weighted by molar-refractivity contribution is 0.108. The molecule has 3 aromatic rings. The number of carbonyl (C=O) groups excluding carboxylic acids is 1. The number of hydrogen-bond acceptors (Lipinski definition) is 2. The molecule has 2 aromatic carbocycles. The first-order valence-corrected chi connectivity index (χ1v) is 7.67. The van der Waals surface area contributed by atoms with Crippen LogP contribution < -0.4 is 0 Å². The molecule has 3 rings (SSSR count). The highest BCUT2D eigenvalue weighted by Gasteiger charge is 2.15. The molecule has 0 saturated heterocycles. The van der Waals surface area contributed by atoms with E-state index in [1.54, 1.807) is 24.3 Å². The Morgan fingerprint density at radius 2 is 1.77 bits per heavy atom. The third-order valence-corrected chi connectivity index (χ3v) is 4.47. The summed E-state index contributed by atoms with van der Waals surface area (Å²) in [7, 11) is 0. The summed E-state index contributed by atoms with van der Waals surface area (Å²) in [4.78, 5) is 16.4. The lowest BCUT2D eigenvalue weighted by Gasteiger charge is -2.11. The van der Waals surface area contributed by atoms with E-state index in [0.29, 0.717) is 32.2 Å². The molecule has 0 aliphatic heterocycles. The topological polar surface area (TPSA) is 30.0 Å². The van der Waals surface area contributed by atoms with Crippen LogP contribution in [0.1, 0.15) is 15.9 Å². The number of benzene rings is 2. The number of hydrogen-bond donors (Lipinski definition) is 0. The van der Waals surface area contributed by atoms with Gasteiger partial charge in [0, 0.05) is 26.6 Å². The third-order valence-electron chi connectivity index (χ3n) is 3.53. The van der Waals surface area contributed by atoms with Gasteiger partial charge in [-0.05, 0) is 42.3 Å². The normalized spacial score (nSPS) is 10.9. The molecule has 0 bridgehead atoms. The number of aryl methyl sites for hydroxylation is 1. The van der Waals surface area contributed by atoms with Gasteiger partial charge in [0.25, 0.3) is 5.24 Å². The van der Waals surface area contributed by atoms with Gasteiger partial charge in [-0.3, -0.25) is 4.79 Å². The molecule has 0 saturated carbocycles. The number of aromatic nitrogens is 1. The van der Waals surface area contributed by atoms with Gasteiger partial charge in [0.15, 0.2) is 0 Å². The van der Waals surface area contributed by atoms with Crippen LogP contribution in [0.25, 0.3) is 22.2 Å². The molecule has 0 atom stereocenters. The number of halogens is 3. The Morgan fingerprint density at radius 1 is 1.05 bits per heavy atom. The highest BCUT2D eigenvalue weighted by Crippen LogP contribution is 2.33. The fraction of sp³-hybridized carbons (Fsp3) is 0.0588. The summed E-state index contributed by atoms with van der Waals surface area (Å²) in [5.74, 6) is 0. The van der Waals surface area contributed by atoms with E-state index in [4.69, 9.17) is 34.8 Å². The molecule has 5 heteroatoms. The Kier molecular flexibility index (Phi) is 4.09. The molecule has 110 valence electrons. The predicted molar refractivity (Wildman–Crippen MR) is 92.1 cm³/mol. The molecule has 22 heavy (non-hydrogen) atoms. The van der Waals surface area contributed by atoms with Crippen LogP contribution in [0.5, 0.6) is 0 Å². The van der Waals surface area contributed by atoms with E-state index in [1.165, 1.54) is 0 Å². The van der Waals surface area contributed by atoms with Crippen molar-refractivity contribution in [3.8, 4) is 11.3 Å². The predicted octanol–water partition coefficient (Wildman–Crippen LogP) is 5.90. The fourth-order valence-electron chi connectivity index (χ4n) is 2.37. The van der Waals surface area contributed by atoms with Crippen molar-refractivity contribution < 1.29 is 4.79 Å². The summed E-state index contributed by atoms with van der Waals surface area (Å²) in [5, 5.41) is 1.28. The molecule has 0 spiro atoms. The highest BCUT2D eigenvalue weighted by molar-refractivity contribution is 6.68. The summed E-state index contributed by atoms with van der Waals surface area (Å²) >= 11 is 18.1. The minimum absolute atomic E-state index is 0.390. The molecule has 0 aliphatic carbocycles. The van der Waals surface area contributed by atoms with Crippen LogP contribution in [0.15, 0.2) is 42.5 Å². The first kappa shape index (κ1) is 15.3. The van der Waals surface area contributed by atoms with Crippen LogP contribution in [0.3, 0.4) is 0 Å². The zero-order valence-electron chi connectivity index (χ0n) is 11.5. The van der Waals surface area contributed by atoms with Crippen molar-refractivity contribution in [1.29, 1.82) is 0 Å². The molecule has 0 amide bonds. The SMILES string of the molecule is Cc1c(Cl)ccc2c(C(=O)Cl)cc(-c3ccccc3Cl)nc12. The minimum Gasteiger partial charge on any atom is -0.276 e. The van der Waals surface area contributed by atoms with E-state index in [9.17, 15) is 4.79 Å². The van der Waals surface area contributed by atoms with Crippen molar-refractivity contribution in [3.63, 3.8) is 0 Å². The van der Waals surface area contributed by atoms with Gasteiger partial charge in [-0.2, -0.15) is 0 Å². The Hall–Kier alpha value is -1.61. The molecular weight excluding hydrogens is 341 g/mol. The van der Waals surface area contributed by atoms with Crippen molar-refractivity contribution in [3.05, 3.63) is 63.6 Å². The summed E-state index contributed by atoms with van der Waals surface area (Å²) in [6.45, 7) is 1.86. The van der Waals surface area contributed by atoms with Crippen LogP contribution in [-0.4, -0.2) is 10.2 Å². The van der Waals surface area contributed by atoms with Gasteiger partial charge in [-0.25, -0.2) is 4.98 Å². The van der Waals surface area contributed by atoms with Gasteiger partial charge >= 0.3 is 0 Å². The number of carbonyl (C=O) groups is 1. The van der Waals surface area contributed by atoms with Crippen LogP contribution in [0.4, 0.5) is 0 Å². The lowest BCUT2D eigenvalue weighted by Crippen LogP contribution is -1.98. The number of pyridine rings is 1. The second kappa shape index (κ2) is 5.88. The van der Waals surface area contributed by atoms with E-state index in [1.807, 2.05) is 25.1 Å². The molecule has 1 heterocycles. The fourth-order valence-corrected chi connectivity index (χ4v) is 2.92.